The second kappa shape index (κ2) is 6.16. The van der Waals surface area contributed by atoms with Crippen molar-refractivity contribution in [1.29, 1.82) is 0 Å². The van der Waals surface area contributed by atoms with E-state index in [2.05, 4.69) is 5.10 Å². The molecule has 4 rings (SSSR count). The maximum Gasteiger partial charge on any atom is 0.272 e. The molecule has 1 saturated heterocycles. The number of rotatable bonds is 2. The summed E-state index contributed by atoms with van der Waals surface area (Å²) in [7, 11) is 0. The summed E-state index contributed by atoms with van der Waals surface area (Å²) in [6.07, 6.45) is 3.21. The fourth-order valence-electron chi connectivity index (χ4n) is 3.59. The Kier molecular flexibility index (Phi) is 3.99. The number of nitrogens with zero attached hydrogens (tertiary/aromatic N) is 4. The monoisotopic (exact) mass is 336 g/mol. The average molecular weight is 336 g/mol. The molecule has 0 spiro atoms. The van der Waals surface area contributed by atoms with Crippen LogP contribution >= 0.6 is 0 Å². The van der Waals surface area contributed by atoms with Gasteiger partial charge >= 0.3 is 0 Å². The topological polar surface area (TPSA) is 67.7 Å². The fourth-order valence-corrected chi connectivity index (χ4v) is 3.59. The highest BCUT2D eigenvalue weighted by Gasteiger charge is 2.41. The summed E-state index contributed by atoms with van der Waals surface area (Å²) in [4.78, 5) is 32.5. The number of halogens is 1. The van der Waals surface area contributed by atoms with Crippen LogP contribution in [0.1, 0.15) is 37.4 Å². The highest BCUT2D eigenvalue weighted by molar-refractivity contribution is 5.83. The number of hydroxylamine groups is 2. The molecule has 24 heavy (non-hydrogen) atoms. The van der Waals surface area contributed by atoms with Gasteiger partial charge in [-0.15, -0.1) is 0 Å². The second-order valence-corrected chi connectivity index (χ2v) is 6.75. The molecule has 1 aromatic rings. The van der Waals surface area contributed by atoms with Crippen molar-refractivity contribution in [3.05, 3.63) is 18.0 Å². The predicted octanol–water partition coefficient (Wildman–Crippen LogP) is 1.07. The number of fused-ring (bicyclic) bond motifs is 1. The van der Waals surface area contributed by atoms with Crippen LogP contribution in [-0.4, -0.2) is 57.4 Å². The van der Waals surface area contributed by atoms with Crippen molar-refractivity contribution < 1.29 is 18.8 Å². The van der Waals surface area contributed by atoms with Crippen molar-refractivity contribution >= 4 is 11.8 Å². The Morgan fingerprint density at radius 3 is 2.79 bits per heavy atom. The molecule has 7 nitrogen and oxygen atoms in total. The number of carbonyl (C=O) groups is 2. The SMILES string of the molecule is O=C(C1CC(F)C1)N1Cc2ccnn2[C@H](C(=O)N2CCCCO2)C1. The number of carbonyl (C=O) groups excluding carboxylic acids is 2. The van der Waals surface area contributed by atoms with E-state index in [1.807, 2.05) is 6.07 Å². The summed E-state index contributed by atoms with van der Waals surface area (Å²) in [6.45, 7) is 1.77. The van der Waals surface area contributed by atoms with Gasteiger partial charge in [-0.3, -0.25) is 19.1 Å². The molecular formula is C16H21FN4O3. The van der Waals surface area contributed by atoms with Crippen molar-refractivity contribution in [2.24, 2.45) is 5.92 Å². The van der Waals surface area contributed by atoms with Gasteiger partial charge in [0.25, 0.3) is 5.91 Å². The second-order valence-electron chi connectivity index (χ2n) is 6.75. The molecule has 1 aliphatic carbocycles. The molecule has 2 amide bonds. The zero-order chi connectivity index (χ0) is 16.7. The minimum absolute atomic E-state index is 0.0614. The highest BCUT2D eigenvalue weighted by atomic mass is 19.1. The van der Waals surface area contributed by atoms with E-state index in [1.54, 1.807) is 15.8 Å². The molecule has 1 atom stereocenters. The molecule has 8 heteroatoms. The molecule has 3 aliphatic rings. The Balaban J connectivity index is 1.52. The van der Waals surface area contributed by atoms with Crippen LogP contribution in [-0.2, 0) is 21.0 Å². The zero-order valence-corrected chi connectivity index (χ0v) is 13.4. The van der Waals surface area contributed by atoms with Crippen LogP contribution in [0, 0.1) is 5.92 Å². The molecule has 1 saturated carbocycles. The van der Waals surface area contributed by atoms with Gasteiger partial charge < -0.3 is 4.90 Å². The standard InChI is InChI=1S/C16H21FN4O3/c17-12-7-11(8-12)15(22)19-9-13-3-4-18-21(13)14(10-19)16(23)20-5-1-2-6-24-20/h3-4,11-12,14H,1-2,5-10H2/t11?,12?,14-/m0/s1. The molecule has 130 valence electrons. The molecule has 0 N–H and O–H groups in total. The highest BCUT2D eigenvalue weighted by Crippen LogP contribution is 2.33. The van der Waals surface area contributed by atoms with E-state index >= 15 is 0 Å². The third-order valence-corrected chi connectivity index (χ3v) is 5.07. The first-order valence-corrected chi connectivity index (χ1v) is 8.53. The number of alkyl halides is 1. The molecule has 3 heterocycles. The molecule has 0 radical (unpaired) electrons. The lowest BCUT2D eigenvalue weighted by atomic mass is 9.82. The van der Waals surface area contributed by atoms with Gasteiger partial charge in [-0.1, -0.05) is 0 Å². The summed E-state index contributed by atoms with van der Waals surface area (Å²) in [5.41, 5.74) is 0.820. The normalized spacial score (nSPS) is 29.8. The van der Waals surface area contributed by atoms with Crippen molar-refractivity contribution in [3.63, 3.8) is 0 Å². The Bertz CT molecular complexity index is 637. The van der Waals surface area contributed by atoms with Crippen molar-refractivity contribution in [2.75, 3.05) is 19.7 Å². The van der Waals surface area contributed by atoms with E-state index < -0.39 is 12.2 Å². The van der Waals surface area contributed by atoms with E-state index in [-0.39, 0.29) is 24.3 Å². The largest absolute Gasteiger partial charge is 0.334 e. The Hall–Kier alpha value is -1.96. The fraction of sp³-hybridized carbons (Fsp3) is 0.688. The lowest BCUT2D eigenvalue weighted by molar-refractivity contribution is -0.202. The van der Waals surface area contributed by atoms with Gasteiger partial charge in [0, 0.05) is 18.7 Å². The Morgan fingerprint density at radius 1 is 1.25 bits per heavy atom. The molecule has 0 aromatic carbocycles. The first-order chi connectivity index (χ1) is 11.6. The van der Waals surface area contributed by atoms with Gasteiger partial charge in [0.15, 0.2) is 6.04 Å². The van der Waals surface area contributed by atoms with Crippen LogP contribution in [0.25, 0.3) is 0 Å². The summed E-state index contributed by atoms with van der Waals surface area (Å²) in [6, 6.07) is 1.24. The summed E-state index contributed by atoms with van der Waals surface area (Å²) < 4.78 is 14.8. The third kappa shape index (κ3) is 2.68. The smallest absolute Gasteiger partial charge is 0.272 e. The molecule has 0 unspecified atom stereocenters. The number of aromatic nitrogens is 2. The maximum atomic E-state index is 13.1. The number of hydrogen-bond donors (Lipinski definition) is 0. The summed E-state index contributed by atoms with van der Waals surface area (Å²) >= 11 is 0. The lowest BCUT2D eigenvalue weighted by Crippen LogP contribution is -2.51. The maximum absolute atomic E-state index is 13.1. The third-order valence-electron chi connectivity index (χ3n) is 5.07. The van der Waals surface area contributed by atoms with Crippen molar-refractivity contribution in [3.8, 4) is 0 Å². The van der Waals surface area contributed by atoms with Crippen LogP contribution in [0.2, 0.25) is 0 Å². The van der Waals surface area contributed by atoms with Gasteiger partial charge in [-0.2, -0.15) is 5.10 Å². The van der Waals surface area contributed by atoms with E-state index in [0.717, 1.165) is 18.5 Å². The molecular weight excluding hydrogens is 315 g/mol. The number of amides is 2. The van der Waals surface area contributed by atoms with Crippen molar-refractivity contribution in [1.82, 2.24) is 19.7 Å². The predicted molar refractivity (Wildman–Crippen MR) is 81.2 cm³/mol. The van der Waals surface area contributed by atoms with Gasteiger partial charge in [0.05, 0.1) is 25.4 Å². The van der Waals surface area contributed by atoms with Crippen LogP contribution < -0.4 is 0 Å². The Labute approximate surface area is 139 Å². The van der Waals surface area contributed by atoms with E-state index in [4.69, 9.17) is 4.84 Å². The van der Waals surface area contributed by atoms with E-state index in [0.29, 0.717) is 32.5 Å². The summed E-state index contributed by atoms with van der Waals surface area (Å²) in [5, 5.41) is 5.65. The van der Waals surface area contributed by atoms with E-state index in [9.17, 15) is 14.0 Å². The molecule has 1 aromatic heterocycles. The van der Waals surface area contributed by atoms with Crippen LogP contribution in [0.5, 0.6) is 0 Å². The average Bonchev–Trinajstić information content (AvgIpc) is 3.06. The van der Waals surface area contributed by atoms with Gasteiger partial charge in [0.2, 0.25) is 5.91 Å². The van der Waals surface area contributed by atoms with Gasteiger partial charge in [0.1, 0.15) is 6.17 Å². The first-order valence-electron chi connectivity index (χ1n) is 8.53. The van der Waals surface area contributed by atoms with Crippen LogP contribution in [0.4, 0.5) is 4.39 Å². The minimum Gasteiger partial charge on any atom is -0.334 e. The minimum atomic E-state index is -0.867. The first kappa shape index (κ1) is 15.6. The molecule has 2 aliphatic heterocycles. The molecule has 2 fully saturated rings. The zero-order valence-electron chi connectivity index (χ0n) is 13.4. The quantitative estimate of drug-likeness (QED) is 0.810. The van der Waals surface area contributed by atoms with Gasteiger partial charge in [-0.05, 0) is 31.7 Å². The summed E-state index contributed by atoms with van der Waals surface area (Å²) in [5.74, 6) is -0.487. The number of hydrogen-bond acceptors (Lipinski definition) is 4. The van der Waals surface area contributed by atoms with Crippen LogP contribution in [0.15, 0.2) is 12.3 Å². The van der Waals surface area contributed by atoms with Gasteiger partial charge in [-0.25, -0.2) is 9.45 Å². The Morgan fingerprint density at radius 2 is 2.08 bits per heavy atom. The molecule has 0 bridgehead atoms. The van der Waals surface area contributed by atoms with Crippen LogP contribution in [0.3, 0.4) is 0 Å². The van der Waals surface area contributed by atoms with E-state index in [1.165, 1.54) is 5.06 Å². The lowest BCUT2D eigenvalue weighted by Gasteiger charge is -2.39. The van der Waals surface area contributed by atoms with Crippen molar-refractivity contribution in [2.45, 2.75) is 44.4 Å².